The van der Waals surface area contributed by atoms with Gasteiger partial charge in [-0.3, -0.25) is 4.79 Å². The maximum absolute atomic E-state index is 12.2. The molecule has 1 aliphatic rings. The number of benzene rings is 2. The van der Waals surface area contributed by atoms with Gasteiger partial charge in [-0.1, -0.05) is 30.3 Å². The van der Waals surface area contributed by atoms with Gasteiger partial charge in [0.15, 0.2) is 11.5 Å². The molecule has 2 aromatic carbocycles. The first-order chi connectivity index (χ1) is 12.7. The average molecular weight is 354 g/mol. The zero-order valence-electron chi connectivity index (χ0n) is 15.1. The van der Waals surface area contributed by atoms with Crippen LogP contribution in [-0.4, -0.2) is 33.5 Å². The minimum Gasteiger partial charge on any atom is -0.493 e. The molecular weight excluding hydrogens is 332 g/mol. The highest BCUT2D eigenvalue weighted by molar-refractivity contribution is 5.86. The summed E-state index contributed by atoms with van der Waals surface area (Å²) in [6.45, 7) is 0. The predicted octanol–water partition coefficient (Wildman–Crippen LogP) is 2.97. The smallest absolute Gasteiger partial charge is 0.243 e. The second-order valence-corrected chi connectivity index (χ2v) is 6.05. The highest BCUT2D eigenvalue weighted by Gasteiger charge is 2.43. The molecule has 6 heteroatoms. The van der Waals surface area contributed by atoms with E-state index in [9.17, 15) is 4.79 Å². The third-order valence-electron chi connectivity index (χ3n) is 4.43. The summed E-state index contributed by atoms with van der Waals surface area (Å²) >= 11 is 0. The van der Waals surface area contributed by atoms with Gasteiger partial charge < -0.3 is 14.2 Å². The van der Waals surface area contributed by atoms with Crippen LogP contribution in [0.4, 0.5) is 0 Å². The molecule has 0 heterocycles. The van der Waals surface area contributed by atoms with Gasteiger partial charge in [-0.15, -0.1) is 0 Å². The Morgan fingerprint density at radius 3 is 2.31 bits per heavy atom. The predicted molar refractivity (Wildman–Crippen MR) is 99.1 cm³/mol. The van der Waals surface area contributed by atoms with Crippen molar-refractivity contribution >= 4 is 12.1 Å². The number of carbonyl (C=O) groups excluding carboxylic acids is 1. The minimum absolute atomic E-state index is 0.0190. The van der Waals surface area contributed by atoms with Gasteiger partial charge in [-0.25, -0.2) is 5.43 Å². The molecule has 3 rings (SSSR count). The molecule has 0 radical (unpaired) electrons. The third kappa shape index (κ3) is 3.79. The van der Waals surface area contributed by atoms with Crippen LogP contribution in [0.2, 0.25) is 0 Å². The van der Waals surface area contributed by atoms with Crippen LogP contribution in [0, 0.1) is 5.92 Å². The number of nitrogens with one attached hydrogen (secondary N) is 1. The summed E-state index contributed by atoms with van der Waals surface area (Å²) in [5, 5.41) is 4.06. The maximum atomic E-state index is 12.2. The van der Waals surface area contributed by atoms with Gasteiger partial charge in [0.1, 0.15) is 0 Å². The summed E-state index contributed by atoms with van der Waals surface area (Å²) < 4.78 is 15.9. The number of hydrogen-bond donors (Lipinski definition) is 1. The zero-order chi connectivity index (χ0) is 18.5. The van der Waals surface area contributed by atoms with Crippen LogP contribution in [0.1, 0.15) is 23.5 Å². The number of ether oxygens (including phenoxy) is 3. The first-order valence-electron chi connectivity index (χ1n) is 8.35. The molecule has 1 fully saturated rings. The minimum atomic E-state index is -0.0671. The number of hydrogen-bond acceptors (Lipinski definition) is 5. The van der Waals surface area contributed by atoms with Crippen LogP contribution in [-0.2, 0) is 4.79 Å². The van der Waals surface area contributed by atoms with Crippen molar-refractivity contribution in [1.29, 1.82) is 0 Å². The molecule has 0 spiro atoms. The van der Waals surface area contributed by atoms with Crippen molar-refractivity contribution in [3.63, 3.8) is 0 Å². The van der Waals surface area contributed by atoms with E-state index < -0.39 is 0 Å². The van der Waals surface area contributed by atoms with E-state index in [1.165, 1.54) is 5.56 Å². The van der Waals surface area contributed by atoms with Crippen LogP contribution in [0.5, 0.6) is 17.2 Å². The fourth-order valence-corrected chi connectivity index (χ4v) is 2.98. The number of nitrogens with zero attached hydrogens (tertiary/aromatic N) is 1. The molecule has 6 nitrogen and oxygen atoms in total. The molecule has 1 saturated carbocycles. The summed E-state index contributed by atoms with van der Waals surface area (Å²) in [6, 6.07) is 13.6. The molecule has 0 bridgehead atoms. The van der Waals surface area contributed by atoms with Crippen LogP contribution in [0.3, 0.4) is 0 Å². The fraction of sp³-hybridized carbons (Fsp3) is 0.300. The van der Waals surface area contributed by atoms with E-state index in [1.807, 2.05) is 18.2 Å². The fourth-order valence-electron chi connectivity index (χ4n) is 2.98. The molecule has 0 unspecified atom stereocenters. The third-order valence-corrected chi connectivity index (χ3v) is 4.43. The lowest BCUT2D eigenvalue weighted by Crippen LogP contribution is -2.20. The van der Waals surface area contributed by atoms with Crippen molar-refractivity contribution in [1.82, 2.24) is 5.43 Å². The van der Waals surface area contributed by atoms with Gasteiger partial charge in [0.05, 0.1) is 27.5 Å². The van der Waals surface area contributed by atoms with Crippen molar-refractivity contribution < 1.29 is 19.0 Å². The van der Waals surface area contributed by atoms with Crippen molar-refractivity contribution in [2.45, 2.75) is 12.3 Å². The second kappa shape index (κ2) is 7.91. The van der Waals surface area contributed by atoms with E-state index in [2.05, 4.69) is 22.7 Å². The Morgan fingerprint density at radius 1 is 1.08 bits per heavy atom. The zero-order valence-corrected chi connectivity index (χ0v) is 15.1. The number of rotatable bonds is 7. The molecule has 26 heavy (non-hydrogen) atoms. The van der Waals surface area contributed by atoms with Crippen LogP contribution in [0.25, 0.3) is 0 Å². The van der Waals surface area contributed by atoms with Gasteiger partial charge >= 0.3 is 0 Å². The average Bonchev–Trinajstić information content (AvgIpc) is 3.48. The highest BCUT2D eigenvalue weighted by atomic mass is 16.5. The standard InChI is InChI=1S/C20H22N2O4/c1-24-17-9-13(10-18(25-2)19(17)26-3)12-21-22-20(23)16-11-15(16)14-7-5-4-6-8-14/h4-10,12,15-16H,11H2,1-3H3,(H,22,23)/b21-12-/t15-,16-/m1/s1. The Morgan fingerprint density at radius 2 is 1.73 bits per heavy atom. The molecule has 1 N–H and O–H groups in total. The topological polar surface area (TPSA) is 69.2 Å². The molecule has 0 aliphatic heterocycles. The summed E-state index contributed by atoms with van der Waals surface area (Å²) in [6.07, 6.45) is 2.41. The van der Waals surface area contributed by atoms with Crippen molar-refractivity contribution in [3.8, 4) is 17.2 Å². The van der Waals surface area contributed by atoms with Crippen LogP contribution in [0.15, 0.2) is 47.6 Å². The van der Waals surface area contributed by atoms with E-state index in [0.29, 0.717) is 17.2 Å². The lowest BCUT2D eigenvalue weighted by atomic mass is 10.1. The maximum Gasteiger partial charge on any atom is 0.243 e. The molecule has 2 aromatic rings. The first-order valence-corrected chi connectivity index (χ1v) is 8.35. The molecule has 0 aromatic heterocycles. The Labute approximate surface area is 152 Å². The van der Waals surface area contributed by atoms with E-state index in [-0.39, 0.29) is 17.7 Å². The number of hydrazone groups is 1. The first kappa shape index (κ1) is 17.8. The van der Waals surface area contributed by atoms with E-state index >= 15 is 0 Å². The lowest BCUT2D eigenvalue weighted by molar-refractivity contribution is -0.122. The van der Waals surface area contributed by atoms with Gasteiger partial charge in [-0.05, 0) is 30.0 Å². The van der Waals surface area contributed by atoms with Gasteiger partial charge in [0, 0.05) is 11.5 Å². The number of methoxy groups -OCH3 is 3. The van der Waals surface area contributed by atoms with E-state index in [1.54, 1.807) is 39.7 Å². The van der Waals surface area contributed by atoms with Gasteiger partial charge in [0.25, 0.3) is 0 Å². The molecule has 1 amide bonds. The van der Waals surface area contributed by atoms with Crippen LogP contribution < -0.4 is 19.6 Å². The quantitative estimate of drug-likeness (QED) is 0.613. The van der Waals surface area contributed by atoms with Crippen molar-refractivity contribution in [3.05, 3.63) is 53.6 Å². The van der Waals surface area contributed by atoms with Crippen molar-refractivity contribution in [2.75, 3.05) is 21.3 Å². The van der Waals surface area contributed by atoms with Gasteiger partial charge in [0.2, 0.25) is 11.7 Å². The largest absolute Gasteiger partial charge is 0.493 e. The normalized spacial score (nSPS) is 18.4. The Balaban J connectivity index is 1.63. The second-order valence-electron chi connectivity index (χ2n) is 6.05. The van der Waals surface area contributed by atoms with E-state index in [0.717, 1.165) is 12.0 Å². The molecule has 1 aliphatic carbocycles. The van der Waals surface area contributed by atoms with Crippen molar-refractivity contribution in [2.24, 2.45) is 11.0 Å². The molecule has 0 saturated heterocycles. The Bertz CT molecular complexity index is 780. The summed E-state index contributed by atoms with van der Waals surface area (Å²) in [7, 11) is 4.65. The van der Waals surface area contributed by atoms with Crippen LogP contribution >= 0.6 is 0 Å². The Hall–Kier alpha value is -3.02. The van der Waals surface area contributed by atoms with E-state index in [4.69, 9.17) is 14.2 Å². The lowest BCUT2D eigenvalue weighted by Gasteiger charge is -2.12. The highest BCUT2D eigenvalue weighted by Crippen LogP contribution is 2.47. The van der Waals surface area contributed by atoms with Gasteiger partial charge in [-0.2, -0.15) is 5.10 Å². The molecular formula is C20H22N2O4. The summed E-state index contributed by atoms with van der Waals surface area (Å²) in [4.78, 5) is 12.2. The number of carbonyl (C=O) groups is 1. The SMILES string of the molecule is COc1cc(/C=N\NC(=O)[C@@H]2C[C@@H]2c2ccccc2)cc(OC)c1OC. The summed E-state index contributed by atoms with van der Waals surface area (Å²) in [5.74, 6) is 1.78. The monoisotopic (exact) mass is 354 g/mol. The molecule has 2 atom stereocenters. The number of amides is 1. The Kier molecular flexibility index (Phi) is 5.41. The molecule has 136 valence electrons. The summed E-state index contributed by atoms with van der Waals surface area (Å²) in [5.41, 5.74) is 4.54.